The van der Waals surface area contributed by atoms with Crippen LogP contribution in [0.25, 0.3) is 5.69 Å². The van der Waals surface area contributed by atoms with Gasteiger partial charge in [-0.3, -0.25) is 0 Å². The smallest absolute Gasteiger partial charge is 0.238 e. The molecule has 1 heterocycles. The minimum Gasteiger partial charge on any atom is -0.238 e. The number of rotatable bonds is 2. The van der Waals surface area contributed by atoms with Crippen molar-refractivity contribution in [3.05, 3.63) is 46.2 Å². The molecule has 0 atom stereocenters. The minimum absolute atomic E-state index is 0.0278. The van der Waals surface area contributed by atoms with Crippen LogP contribution in [0.3, 0.4) is 0 Å². The number of halogens is 3. The topological polar surface area (TPSA) is 17.8 Å². The van der Waals surface area contributed by atoms with Gasteiger partial charge in [0.2, 0.25) is 0 Å². The maximum Gasteiger partial charge on any atom is 0.267 e. The molecule has 2 nitrogen and oxygen atoms in total. The number of hydrogen-bond donors (Lipinski definition) is 0. The Hall–Kier alpha value is -1.23. The van der Waals surface area contributed by atoms with Crippen LogP contribution < -0.4 is 0 Å². The molecule has 0 radical (unpaired) electrons. The number of benzene rings is 1. The number of alkyl halides is 2. The molecule has 0 aliphatic heterocycles. The third-order valence-corrected chi connectivity index (χ3v) is 2.83. The highest BCUT2D eigenvalue weighted by Gasteiger charge is 2.15. The molecule has 0 N–H and O–H groups in total. The summed E-state index contributed by atoms with van der Waals surface area (Å²) in [6.07, 6.45) is -1.28. The Bertz CT molecular complexity index is 508. The SMILES string of the molecule is Cc1c(C(F)F)cnn1-c1cccc(Br)c1. The lowest BCUT2D eigenvalue weighted by Gasteiger charge is -2.05. The minimum atomic E-state index is -2.49. The predicted molar refractivity (Wildman–Crippen MR) is 61.0 cm³/mol. The van der Waals surface area contributed by atoms with E-state index < -0.39 is 6.43 Å². The van der Waals surface area contributed by atoms with Gasteiger partial charge in [0.25, 0.3) is 6.43 Å². The number of hydrogen-bond acceptors (Lipinski definition) is 1. The molecule has 2 rings (SSSR count). The molecule has 1 aromatic heterocycles. The number of aromatic nitrogens is 2. The van der Waals surface area contributed by atoms with Crippen molar-refractivity contribution in [2.75, 3.05) is 0 Å². The van der Waals surface area contributed by atoms with E-state index in [2.05, 4.69) is 21.0 Å². The predicted octanol–water partition coefficient (Wildman–Crippen LogP) is 3.88. The molecular weight excluding hydrogens is 278 g/mol. The second-order valence-corrected chi connectivity index (χ2v) is 4.29. The fourth-order valence-electron chi connectivity index (χ4n) is 1.50. The van der Waals surface area contributed by atoms with Crippen LogP contribution in [-0.2, 0) is 0 Å². The van der Waals surface area contributed by atoms with Crippen molar-refractivity contribution < 1.29 is 8.78 Å². The van der Waals surface area contributed by atoms with Gasteiger partial charge in [-0.1, -0.05) is 22.0 Å². The Morgan fingerprint density at radius 2 is 2.12 bits per heavy atom. The Morgan fingerprint density at radius 1 is 1.38 bits per heavy atom. The lowest BCUT2D eigenvalue weighted by Crippen LogP contribution is -1.99. The molecule has 84 valence electrons. The van der Waals surface area contributed by atoms with Crippen molar-refractivity contribution in [1.29, 1.82) is 0 Å². The molecule has 16 heavy (non-hydrogen) atoms. The zero-order chi connectivity index (χ0) is 11.7. The Morgan fingerprint density at radius 3 is 2.69 bits per heavy atom. The molecule has 0 saturated carbocycles. The summed E-state index contributed by atoms with van der Waals surface area (Å²) in [6.45, 7) is 1.63. The molecule has 0 saturated heterocycles. The van der Waals surface area contributed by atoms with Crippen molar-refractivity contribution in [3.8, 4) is 5.69 Å². The van der Waals surface area contributed by atoms with Crippen LogP contribution in [0.4, 0.5) is 8.78 Å². The van der Waals surface area contributed by atoms with E-state index >= 15 is 0 Å². The molecule has 1 aromatic carbocycles. The van der Waals surface area contributed by atoms with Gasteiger partial charge in [-0.2, -0.15) is 5.10 Å². The Labute approximate surface area is 100 Å². The van der Waals surface area contributed by atoms with E-state index in [-0.39, 0.29) is 5.56 Å². The zero-order valence-electron chi connectivity index (χ0n) is 8.49. The van der Waals surface area contributed by atoms with E-state index in [4.69, 9.17) is 0 Å². The second kappa shape index (κ2) is 4.33. The van der Waals surface area contributed by atoms with Crippen molar-refractivity contribution in [2.24, 2.45) is 0 Å². The van der Waals surface area contributed by atoms with Gasteiger partial charge in [-0.25, -0.2) is 13.5 Å². The lowest BCUT2D eigenvalue weighted by atomic mass is 10.2. The second-order valence-electron chi connectivity index (χ2n) is 3.38. The third-order valence-electron chi connectivity index (χ3n) is 2.34. The molecule has 0 amide bonds. The van der Waals surface area contributed by atoms with E-state index in [9.17, 15) is 8.78 Å². The van der Waals surface area contributed by atoms with Crippen molar-refractivity contribution >= 4 is 15.9 Å². The van der Waals surface area contributed by atoms with Gasteiger partial charge in [0.1, 0.15) is 0 Å². The lowest BCUT2D eigenvalue weighted by molar-refractivity contribution is 0.150. The first-order valence-corrected chi connectivity index (χ1v) is 5.47. The zero-order valence-corrected chi connectivity index (χ0v) is 10.1. The largest absolute Gasteiger partial charge is 0.267 e. The third kappa shape index (κ3) is 2.00. The highest BCUT2D eigenvalue weighted by Crippen LogP contribution is 2.24. The average molecular weight is 287 g/mol. The molecule has 0 aliphatic rings. The summed E-state index contributed by atoms with van der Waals surface area (Å²) < 4.78 is 27.5. The maximum atomic E-state index is 12.6. The van der Waals surface area contributed by atoms with Crippen molar-refractivity contribution in [3.63, 3.8) is 0 Å². The van der Waals surface area contributed by atoms with Crippen LogP contribution >= 0.6 is 15.9 Å². The van der Waals surface area contributed by atoms with Crippen LogP contribution in [0.5, 0.6) is 0 Å². The van der Waals surface area contributed by atoms with Crippen LogP contribution in [0.15, 0.2) is 34.9 Å². The summed E-state index contributed by atoms with van der Waals surface area (Å²) in [4.78, 5) is 0. The number of nitrogens with zero attached hydrogens (tertiary/aromatic N) is 2. The van der Waals surface area contributed by atoms with Gasteiger partial charge < -0.3 is 0 Å². The van der Waals surface area contributed by atoms with Crippen LogP contribution in [0, 0.1) is 6.92 Å². The molecule has 2 aromatic rings. The van der Waals surface area contributed by atoms with Gasteiger partial charge in [-0.15, -0.1) is 0 Å². The van der Waals surface area contributed by atoms with Gasteiger partial charge >= 0.3 is 0 Å². The fourth-order valence-corrected chi connectivity index (χ4v) is 1.89. The van der Waals surface area contributed by atoms with E-state index in [1.54, 1.807) is 6.92 Å². The monoisotopic (exact) mass is 286 g/mol. The van der Waals surface area contributed by atoms with Crippen molar-refractivity contribution in [1.82, 2.24) is 9.78 Å². The highest BCUT2D eigenvalue weighted by molar-refractivity contribution is 9.10. The summed E-state index contributed by atoms with van der Waals surface area (Å²) >= 11 is 3.33. The first kappa shape index (κ1) is 11.3. The summed E-state index contributed by atoms with van der Waals surface area (Å²) in [6, 6.07) is 7.36. The van der Waals surface area contributed by atoms with Gasteiger partial charge in [0.15, 0.2) is 0 Å². The Balaban J connectivity index is 2.49. The highest BCUT2D eigenvalue weighted by atomic mass is 79.9. The van der Waals surface area contributed by atoms with E-state index in [0.29, 0.717) is 5.69 Å². The van der Waals surface area contributed by atoms with Crippen LogP contribution in [0.1, 0.15) is 17.7 Å². The molecule has 0 unspecified atom stereocenters. The Kier molecular flexibility index (Phi) is 3.05. The molecule has 5 heteroatoms. The van der Waals surface area contributed by atoms with E-state index in [0.717, 1.165) is 10.2 Å². The maximum absolute atomic E-state index is 12.6. The summed E-state index contributed by atoms with van der Waals surface area (Å²) in [7, 11) is 0. The normalized spacial score (nSPS) is 11.1. The van der Waals surface area contributed by atoms with Crippen LogP contribution in [-0.4, -0.2) is 9.78 Å². The van der Waals surface area contributed by atoms with Gasteiger partial charge in [0, 0.05) is 4.47 Å². The van der Waals surface area contributed by atoms with E-state index in [1.165, 1.54) is 10.9 Å². The average Bonchev–Trinajstić information content (AvgIpc) is 2.60. The summed E-state index contributed by atoms with van der Waals surface area (Å²) in [5.74, 6) is 0. The van der Waals surface area contributed by atoms with Crippen molar-refractivity contribution in [2.45, 2.75) is 13.3 Å². The molecule has 0 aliphatic carbocycles. The molecule has 0 spiro atoms. The summed E-state index contributed by atoms with van der Waals surface area (Å²) in [5, 5.41) is 3.96. The quantitative estimate of drug-likeness (QED) is 0.819. The standard InChI is InChI=1S/C11H9BrF2N2/c1-7-10(11(13)14)6-15-16(7)9-4-2-3-8(12)5-9/h2-6,11H,1H3. The molecule has 0 bridgehead atoms. The molecular formula is C11H9BrF2N2. The first-order valence-electron chi connectivity index (χ1n) is 4.68. The van der Waals surface area contributed by atoms with Crippen LogP contribution in [0.2, 0.25) is 0 Å². The fraction of sp³-hybridized carbons (Fsp3) is 0.182. The first-order chi connectivity index (χ1) is 7.59. The van der Waals surface area contributed by atoms with E-state index in [1.807, 2.05) is 24.3 Å². The van der Waals surface area contributed by atoms with Gasteiger partial charge in [-0.05, 0) is 25.1 Å². The molecule has 0 fully saturated rings. The summed E-state index contributed by atoms with van der Waals surface area (Å²) in [5.41, 5.74) is 1.20. The van der Waals surface area contributed by atoms with Gasteiger partial charge in [0.05, 0.1) is 23.1 Å².